The van der Waals surface area contributed by atoms with E-state index in [-0.39, 0.29) is 5.91 Å². The third-order valence-corrected chi connectivity index (χ3v) is 4.96. The number of hydrogen-bond acceptors (Lipinski definition) is 5. The molecule has 0 spiro atoms. The lowest BCUT2D eigenvalue weighted by atomic mass is 10.1. The number of hydrogen-bond donors (Lipinski definition) is 1. The molecule has 122 valence electrons. The number of ether oxygens (including phenoxy) is 2. The molecular weight excluding hydrogens is 312 g/mol. The molecule has 0 atom stereocenters. The Bertz CT molecular complexity index is 699. The molecule has 1 aliphatic heterocycles. The molecule has 0 fully saturated rings. The van der Waals surface area contributed by atoms with E-state index in [0.717, 1.165) is 19.5 Å². The summed E-state index contributed by atoms with van der Waals surface area (Å²) in [6, 6.07) is 7.50. The zero-order valence-electron chi connectivity index (χ0n) is 13.3. The third-order valence-electron chi connectivity index (χ3n) is 3.94. The van der Waals surface area contributed by atoms with Crippen molar-refractivity contribution >= 4 is 22.9 Å². The molecule has 2 heterocycles. The van der Waals surface area contributed by atoms with E-state index >= 15 is 0 Å². The summed E-state index contributed by atoms with van der Waals surface area (Å²) in [6.45, 7) is 2.14. The summed E-state index contributed by atoms with van der Waals surface area (Å²) in [6.07, 6.45) is 1.02. The van der Waals surface area contributed by atoms with Gasteiger partial charge in [-0.2, -0.15) is 0 Å². The van der Waals surface area contributed by atoms with E-state index in [1.54, 1.807) is 43.8 Å². The molecule has 1 amide bonds. The number of rotatable bonds is 5. The van der Waals surface area contributed by atoms with Crippen molar-refractivity contribution in [1.29, 1.82) is 0 Å². The van der Waals surface area contributed by atoms with Gasteiger partial charge in [0, 0.05) is 24.0 Å². The van der Waals surface area contributed by atoms with Gasteiger partial charge in [0.2, 0.25) is 5.91 Å². The van der Waals surface area contributed by atoms with Crippen LogP contribution in [-0.4, -0.2) is 38.1 Å². The van der Waals surface area contributed by atoms with Crippen LogP contribution in [0.1, 0.15) is 10.4 Å². The number of carbonyl (C=O) groups excluding carboxylic acids is 1. The SMILES string of the molecule is COc1ccc(NC(=O)CN2CCc3sccc3C2)c(OC)c1. The minimum Gasteiger partial charge on any atom is -0.497 e. The summed E-state index contributed by atoms with van der Waals surface area (Å²) in [5.74, 6) is 1.25. The molecular formula is C17H20N2O3S. The van der Waals surface area contributed by atoms with Crippen molar-refractivity contribution < 1.29 is 14.3 Å². The Kier molecular flexibility index (Phi) is 4.83. The highest BCUT2D eigenvalue weighted by atomic mass is 32.1. The highest BCUT2D eigenvalue weighted by molar-refractivity contribution is 7.10. The predicted octanol–water partition coefficient (Wildman–Crippen LogP) is 2.76. The minimum atomic E-state index is -0.0350. The van der Waals surface area contributed by atoms with Crippen molar-refractivity contribution in [3.05, 3.63) is 40.1 Å². The van der Waals surface area contributed by atoms with Crippen LogP contribution in [0, 0.1) is 0 Å². The summed E-state index contributed by atoms with van der Waals surface area (Å²) < 4.78 is 10.5. The van der Waals surface area contributed by atoms with Crippen molar-refractivity contribution in [2.24, 2.45) is 0 Å². The van der Waals surface area contributed by atoms with Gasteiger partial charge in [0.25, 0.3) is 0 Å². The van der Waals surface area contributed by atoms with Crippen LogP contribution in [0.3, 0.4) is 0 Å². The number of methoxy groups -OCH3 is 2. The van der Waals surface area contributed by atoms with E-state index in [0.29, 0.717) is 23.7 Å². The van der Waals surface area contributed by atoms with Gasteiger partial charge in [0.15, 0.2) is 0 Å². The van der Waals surface area contributed by atoms with Gasteiger partial charge in [-0.3, -0.25) is 9.69 Å². The Morgan fingerprint density at radius 1 is 1.30 bits per heavy atom. The van der Waals surface area contributed by atoms with Gasteiger partial charge in [-0.05, 0) is 35.6 Å². The van der Waals surface area contributed by atoms with Gasteiger partial charge in [-0.15, -0.1) is 11.3 Å². The van der Waals surface area contributed by atoms with Crippen LogP contribution in [0.25, 0.3) is 0 Å². The molecule has 6 heteroatoms. The number of benzene rings is 1. The fourth-order valence-electron chi connectivity index (χ4n) is 2.74. The first kappa shape index (κ1) is 15.8. The highest BCUT2D eigenvalue weighted by Gasteiger charge is 2.19. The van der Waals surface area contributed by atoms with Gasteiger partial charge < -0.3 is 14.8 Å². The molecule has 0 aliphatic carbocycles. The molecule has 1 aliphatic rings. The molecule has 0 bridgehead atoms. The number of anilines is 1. The maximum absolute atomic E-state index is 12.3. The second-order valence-corrected chi connectivity index (χ2v) is 6.44. The Hall–Kier alpha value is -2.05. The Morgan fingerprint density at radius 2 is 2.17 bits per heavy atom. The fourth-order valence-corrected chi connectivity index (χ4v) is 3.63. The van der Waals surface area contributed by atoms with E-state index < -0.39 is 0 Å². The van der Waals surface area contributed by atoms with Crippen LogP contribution < -0.4 is 14.8 Å². The number of carbonyl (C=O) groups is 1. The normalized spacial score (nSPS) is 14.2. The Morgan fingerprint density at radius 3 is 2.96 bits per heavy atom. The summed E-state index contributed by atoms with van der Waals surface area (Å²) in [7, 11) is 3.18. The largest absolute Gasteiger partial charge is 0.497 e. The van der Waals surface area contributed by atoms with Crippen LogP contribution in [0.15, 0.2) is 29.6 Å². The molecule has 1 aromatic heterocycles. The lowest BCUT2D eigenvalue weighted by Crippen LogP contribution is -2.36. The van der Waals surface area contributed by atoms with Crippen LogP contribution in [0.2, 0.25) is 0 Å². The van der Waals surface area contributed by atoms with Gasteiger partial charge in [-0.25, -0.2) is 0 Å². The molecule has 0 unspecified atom stereocenters. The van der Waals surface area contributed by atoms with E-state index in [1.165, 1.54) is 10.4 Å². The first-order chi connectivity index (χ1) is 11.2. The molecule has 0 radical (unpaired) electrons. The van der Waals surface area contributed by atoms with Crippen LogP contribution >= 0.6 is 11.3 Å². The molecule has 1 aromatic carbocycles. The van der Waals surface area contributed by atoms with Gasteiger partial charge in [0.05, 0.1) is 26.5 Å². The third kappa shape index (κ3) is 3.65. The van der Waals surface area contributed by atoms with Crippen molar-refractivity contribution in [2.75, 3.05) is 32.6 Å². The van der Waals surface area contributed by atoms with Crippen LogP contribution in [-0.2, 0) is 17.8 Å². The quantitative estimate of drug-likeness (QED) is 0.915. The van der Waals surface area contributed by atoms with Gasteiger partial charge in [-0.1, -0.05) is 0 Å². The summed E-state index contributed by atoms with van der Waals surface area (Å²) >= 11 is 1.80. The summed E-state index contributed by atoms with van der Waals surface area (Å²) in [5, 5.41) is 5.04. The standard InChI is InChI=1S/C17H20N2O3S/c1-21-13-3-4-14(15(9-13)22-2)18-17(20)11-19-7-5-16-12(10-19)6-8-23-16/h3-4,6,8-9H,5,7,10-11H2,1-2H3,(H,18,20). The van der Waals surface area contributed by atoms with E-state index in [9.17, 15) is 4.79 Å². The van der Waals surface area contributed by atoms with Gasteiger partial charge in [0.1, 0.15) is 11.5 Å². The smallest absolute Gasteiger partial charge is 0.238 e. The second kappa shape index (κ2) is 7.02. The molecule has 1 N–H and O–H groups in total. The average Bonchev–Trinajstić information content (AvgIpc) is 3.02. The molecule has 0 saturated carbocycles. The summed E-state index contributed by atoms with van der Waals surface area (Å²) in [5.41, 5.74) is 2.00. The predicted molar refractivity (Wildman–Crippen MR) is 91.5 cm³/mol. The zero-order chi connectivity index (χ0) is 16.2. The Balaban J connectivity index is 1.62. The van der Waals surface area contributed by atoms with Gasteiger partial charge >= 0.3 is 0 Å². The lowest BCUT2D eigenvalue weighted by molar-refractivity contribution is -0.117. The van der Waals surface area contributed by atoms with Crippen LogP contribution in [0.5, 0.6) is 11.5 Å². The first-order valence-electron chi connectivity index (χ1n) is 7.49. The zero-order valence-corrected chi connectivity index (χ0v) is 14.1. The number of thiophene rings is 1. The molecule has 0 saturated heterocycles. The second-order valence-electron chi connectivity index (χ2n) is 5.44. The Labute approximate surface area is 139 Å². The van der Waals surface area contributed by atoms with E-state index in [2.05, 4.69) is 21.7 Å². The first-order valence-corrected chi connectivity index (χ1v) is 8.37. The van der Waals surface area contributed by atoms with E-state index in [4.69, 9.17) is 9.47 Å². The maximum atomic E-state index is 12.3. The highest BCUT2D eigenvalue weighted by Crippen LogP contribution is 2.29. The average molecular weight is 332 g/mol. The van der Waals surface area contributed by atoms with E-state index in [1.807, 2.05) is 0 Å². The molecule has 2 aromatic rings. The number of fused-ring (bicyclic) bond motifs is 1. The van der Waals surface area contributed by atoms with Crippen molar-refractivity contribution in [3.8, 4) is 11.5 Å². The number of nitrogens with zero attached hydrogens (tertiary/aromatic N) is 1. The fraction of sp³-hybridized carbons (Fsp3) is 0.353. The minimum absolute atomic E-state index is 0.0350. The number of nitrogens with one attached hydrogen (secondary N) is 1. The molecule has 5 nitrogen and oxygen atoms in total. The number of amides is 1. The topological polar surface area (TPSA) is 50.8 Å². The monoisotopic (exact) mass is 332 g/mol. The molecule has 23 heavy (non-hydrogen) atoms. The van der Waals surface area contributed by atoms with Crippen molar-refractivity contribution in [2.45, 2.75) is 13.0 Å². The maximum Gasteiger partial charge on any atom is 0.238 e. The van der Waals surface area contributed by atoms with Crippen molar-refractivity contribution in [3.63, 3.8) is 0 Å². The summed E-state index contributed by atoms with van der Waals surface area (Å²) in [4.78, 5) is 15.9. The lowest BCUT2D eigenvalue weighted by Gasteiger charge is -2.26. The van der Waals surface area contributed by atoms with Crippen molar-refractivity contribution in [1.82, 2.24) is 4.90 Å². The molecule has 3 rings (SSSR count). The van der Waals surface area contributed by atoms with Crippen LogP contribution in [0.4, 0.5) is 5.69 Å².